The van der Waals surface area contributed by atoms with Gasteiger partial charge in [0.15, 0.2) is 2.14 Å². The second-order valence-electron chi connectivity index (χ2n) is 1.46. The number of aromatic amines is 1. The van der Waals surface area contributed by atoms with Gasteiger partial charge in [-0.25, -0.2) is 0 Å². The summed E-state index contributed by atoms with van der Waals surface area (Å²) in [6.45, 7) is 0. The van der Waals surface area contributed by atoms with E-state index in [1.807, 2.05) is 6.07 Å². The third kappa shape index (κ3) is 2.05. The van der Waals surface area contributed by atoms with Gasteiger partial charge in [-0.05, 0) is 6.07 Å². The van der Waals surface area contributed by atoms with Crippen molar-refractivity contribution < 1.29 is 0 Å². The molecule has 1 N–H and O–H groups in total. The summed E-state index contributed by atoms with van der Waals surface area (Å²) < 4.78 is -0.382. The second-order valence-corrected chi connectivity index (χ2v) is 8.22. The van der Waals surface area contributed by atoms with Gasteiger partial charge in [0.2, 0.25) is 0 Å². The summed E-state index contributed by atoms with van der Waals surface area (Å²) in [5, 5.41) is 6.62. The lowest BCUT2D eigenvalue weighted by molar-refractivity contribution is 1.03. The van der Waals surface area contributed by atoms with Crippen molar-refractivity contribution in [3.63, 3.8) is 0 Å². The summed E-state index contributed by atoms with van der Waals surface area (Å²) in [4.78, 5) is 0. The fraction of sp³-hybridized carbons (Fsp3) is 0.250. The zero-order valence-corrected chi connectivity index (χ0v) is 8.99. The lowest BCUT2D eigenvalue weighted by Crippen LogP contribution is -1.96. The van der Waals surface area contributed by atoms with E-state index in [2.05, 4.69) is 58.0 Å². The molecule has 0 aliphatic rings. The van der Waals surface area contributed by atoms with Crippen molar-refractivity contribution in [3.8, 4) is 0 Å². The predicted octanol–water partition coefficient (Wildman–Crippen LogP) is 2.70. The number of halogens is 3. The first-order chi connectivity index (χ1) is 4.11. The topological polar surface area (TPSA) is 28.7 Å². The van der Waals surface area contributed by atoms with Gasteiger partial charge in [-0.15, -0.1) is 0 Å². The van der Waals surface area contributed by atoms with Crippen molar-refractivity contribution in [1.29, 1.82) is 0 Å². The summed E-state index contributed by atoms with van der Waals surface area (Å²) in [7, 11) is 0. The molecular formula is C4H3Br3N2. The number of hydrogen-bond donors (Lipinski definition) is 1. The molecule has 1 rings (SSSR count). The van der Waals surface area contributed by atoms with E-state index in [0.29, 0.717) is 0 Å². The SMILES string of the molecule is BrC(Br)(Br)c1cc[nH]n1. The quantitative estimate of drug-likeness (QED) is 0.732. The van der Waals surface area contributed by atoms with Gasteiger partial charge < -0.3 is 0 Å². The number of nitrogens with one attached hydrogen (secondary N) is 1. The zero-order valence-electron chi connectivity index (χ0n) is 4.24. The Bertz CT molecular complexity index is 176. The smallest absolute Gasteiger partial charge is 0.178 e. The first-order valence-corrected chi connectivity index (χ1v) is 4.55. The molecule has 1 heterocycles. The molecule has 2 nitrogen and oxygen atoms in total. The largest absolute Gasteiger partial charge is 0.285 e. The Morgan fingerprint density at radius 2 is 2.11 bits per heavy atom. The van der Waals surface area contributed by atoms with E-state index < -0.39 is 0 Å². The highest BCUT2D eigenvalue weighted by molar-refractivity contribution is 9.38. The normalized spacial score (nSPS) is 11.9. The number of alkyl halides is 3. The summed E-state index contributed by atoms with van der Waals surface area (Å²) in [5.41, 5.74) is 0.863. The van der Waals surface area contributed by atoms with E-state index >= 15 is 0 Å². The molecule has 9 heavy (non-hydrogen) atoms. The first kappa shape index (κ1) is 7.75. The van der Waals surface area contributed by atoms with E-state index in [0.717, 1.165) is 5.69 Å². The molecule has 0 atom stereocenters. The number of rotatable bonds is 0. The standard InChI is InChI=1S/C4H3Br3N2/c5-4(6,7)3-1-2-8-9-3/h1-2H,(H,8,9). The number of hydrogen-bond acceptors (Lipinski definition) is 1. The van der Waals surface area contributed by atoms with Crippen LogP contribution in [-0.4, -0.2) is 10.2 Å². The van der Waals surface area contributed by atoms with Crippen molar-refractivity contribution in [3.05, 3.63) is 18.0 Å². The second kappa shape index (κ2) is 2.72. The van der Waals surface area contributed by atoms with Crippen molar-refractivity contribution in [2.45, 2.75) is 2.14 Å². The molecule has 1 aromatic rings. The lowest BCUT2D eigenvalue weighted by Gasteiger charge is -2.05. The van der Waals surface area contributed by atoms with Crippen LogP contribution in [0, 0.1) is 0 Å². The summed E-state index contributed by atoms with van der Waals surface area (Å²) in [6.07, 6.45) is 1.76. The van der Waals surface area contributed by atoms with Gasteiger partial charge in [-0.2, -0.15) is 5.10 Å². The van der Waals surface area contributed by atoms with Gasteiger partial charge in [-0.3, -0.25) is 5.10 Å². The van der Waals surface area contributed by atoms with Crippen LogP contribution in [0.3, 0.4) is 0 Å². The average Bonchev–Trinajstić information content (AvgIpc) is 2.08. The molecule has 0 amide bonds. The number of H-pyrrole nitrogens is 1. The van der Waals surface area contributed by atoms with Crippen molar-refractivity contribution in [2.24, 2.45) is 0 Å². The Morgan fingerprint density at radius 3 is 2.33 bits per heavy atom. The molecule has 0 fully saturated rings. The maximum Gasteiger partial charge on any atom is 0.178 e. The molecule has 0 saturated heterocycles. The minimum atomic E-state index is -0.382. The molecule has 5 heteroatoms. The Morgan fingerprint density at radius 1 is 1.44 bits per heavy atom. The highest BCUT2D eigenvalue weighted by Gasteiger charge is 2.22. The molecule has 1 aromatic heterocycles. The molecule has 0 radical (unpaired) electrons. The van der Waals surface area contributed by atoms with Crippen molar-refractivity contribution in [2.75, 3.05) is 0 Å². The van der Waals surface area contributed by atoms with E-state index in [4.69, 9.17) is 0 Å². The highest BCUT2D eigenvalue weighted by atomic mass is 80.0. The van der Waals surface area contributed by atoms with Gasteiger partial charge in [-0.1, -0.05) is 47.8 Å². The fourth-order valence-corrected chi connectivity index (χ4v) is 1.08. The molecule has 0 saturated carbocycles. The van der Waals surface area contributed by atoms with Crippen LogP contribution in [0.2, 0.25) is 0 Å². The summed E-state index contributed by atoms with van der Waals surface area (Å²) in [6, 6.07) is 1.86. The third-order valence-corrected chi connectivity index (χ3v) is 2.01. The van der Waals surface area contributed by atoms with Gasteiger partial charge in [0.25, 0.3) is 0 Å². The van der Waals surface area contributed by atoms with Crippen LogP contribution in [0.1, 0.15) is 5.69 Å². The van der Waals surface area contributed by atoms with E-state index in [1.165, 1.54) is 0 Å². The van der Waals surface area contributed by atoms with E-state index in [1.54, 1.807) is 6.20 Å². The molecule has 0 aliphatic carbocycles. The van der Waals surface area contributed by atoms with Crippen molar-refractivity contribution in [1.82, 2.24) is 10.2 Å². The van der Waals surface area contributed by atoms with Gasteiger partial charge >= 0.3 is 0 Å². The Labute approximate surface area is 77.8 Å². The van der Waals surface area contributed by atoms with Crippen LogP contribution < -0.4 is 0 Å². The third-order valence-electron chi connectivity index (χ3n) is 0.791. The van der Waals surface area contributed by atoms with Gasteiger partial charge in [0.1, 0.15) is 5.69 Å². The minimum Gasteiger partial charge on any atom is -0.285 e. The first-order valence-electron chi connectivity index (χ1n) is 2.17. The fourth-order valence-electron chi connectivity index (χ4n) is 0.418. The zero-order chi connectivity index (χ0) is 6.91. The number of nitrogens with zero attached hydrogens (tertiary/aromatic N) is 1. The summed E-state index contributed by atoms with van der Waals surface area (Å²) >= 11 is 9.95. The van der Waals surface area contributed by atoms with Crippen LogP contribution in [0.15, 0.2) is 12.3 Å². The van der Waals surface area contributed by atoms with E-state index in [9.17, 15) is 0 Å². The molecule has 0 unspecified atom stereocenters. The predicted molar refractivity (Wildman–Crippen MR) is 47.0 cm³/mol. The monoisotopic (exact) mass is 316 g/mol. The Hall–Kier alpha value is 0.650. The molecular weight excluding hydrogens is 316 g/mol. The van der Waals surface area contributed by atoms with Crippen LogP contribution in [0.25, 0.3) is 0 Å². The average molecular weight is 319 g/mol. The lowest BCUT2D eigenvalue weighted by atomic mass is 10.5. The van der Waals surface area contributed by atoms with Crippen molar-refractivity contribution >= 4 is 47.8 Å². The summed E-state index contributed by atoms with van der Waals surface area (Å²) in [5.74, 6) is 0. The molecule has 0 spiro atoms. The van der Waals surface area contributed by atoms with Gasteiger partial charge in [0, 0.05) is 6.20 Å². The van der Waals surface area contributed by atoms with Crippen LogP contribution in [0.4, 0.5) is 0 Å². The molecule has 0 aromatic carbocycles. The minimum absolute atomic E-state index is 0.382. The van der Waals surface area contributed by atoms with Crippen LogP contribution >= 0.6 is 47.8 Å². The number of aromatic nitrogens is 2. The van der Waals surface area contributed by atoms with Crippen LogP contribution in [0.5, 0.6) is 0 Å². The molecule has 0 aliphatic heterocycles. The van der Waals surface area contributed by atoms with E-state index in [-0.39, 0.29) is 2.14 Å². The molecule has 0 bridgehead atoms. The molecule has 50 valence electrons. The van der Waals surface area contributed by atoms with Crippen LogP contribution in [-0.2, 0) is 2.14 Å². The Kier molecular flexibility index (Phi) is 2.34. The highest BCUT2D eigenvalue weighted by Crippen LogP contribution is 2.42. The maximum atomic E-state index is 3.92. The maximum absolute atomic E-state index is 3.92. The van der Waals surface area contributed by atoms with Gasteiger partial charge in [0.05, 0.1) is 0 Å². The Balaban J connectivity index is 2.90.